The van der Waals surface area contributed by atoms with Gasteiger partial charge in [0, 0.05) is 5.69 Å². The molecule has 2 N–H and O–H groups in total. The number of carbonyl (C=O) groups is 1. The Hall–Kier alpha value is -2.11. The number of esters is 1. The summed E-state index contributed by atoms with van der Waals surface area (Å²) in [6, 6.07) is 15.4. The predicted molar refractivity (Wildman–Crippen MR) is 115 cm³/mol. The summed E-state index contributed by atoms with van der Waals surface area (Å²) in [6.45, 7) is 6.41. The maximum Gasteiger partial charge on any atom is 0.339 e. The number of anilines is 1. The fraction of sp³-hybridized carbons (Fsp3) is 0.333. The lowest BCUT2D eigenvalue weighted by Gasteiger charge is -2.23. The number of ether oxygens (including phenoxy) is 1. The smallest absolute Gasteiger partial charge is 0.339 e. The van der Waals surface area contributed by atoms with Crippen molar-refractivity contribution in [3.8, 4) is 0 Å². The fourth-order valence-corrected chi connectivity index (χ4v) is 3.18. The van der Waals surface area contributed by atoms with Gasteiger partial charge in [0.15, 0.2) is 5.11 Å². The summed E-state index contributed by atoms with van der Waals surface area (Å²) in [5.41, 5.74) is 2.17. The van der Waals surface area contributed by atoms with Crippen LogP contribution in [0.25, 0.3) is 0 Å². The van der Waals surface area contributed by atoms with Crippen LogP contribution in [0.15, 0.2) is 48.5 Å². The maximum atomic E-state index is 12.0. The second-order valence-electron chi connectivity index (χ2n) is 6.61. The summed E-state index contributed by atoms with van der Waals surface area (Å²) in [5.74, 6) is 0.0588. The predicted octanol–water partition coefficient (Wildman–Crippen LogP) is 5.59. The van der Waals surface area contributed by atoms with Crippen molar-refractivity contribution in [2.24, 2.45) is 5.92 Å². The highest BCUT2D eigenvalue weighted by molar-refractivity contribution is 7.80. The number of halogens is 1. The average molecular weight is 405 g/mol. The molecule has 0 amide bonds. The summed E-state index contributed by atoms with van der Waals surface area (Å²) in [7, 11) is 0. The minimum absolute atomic E-state index is 0.100. The van der Waals surface area contributed by atoms with Gasteiger partial charge in [-0.25, -0.2) is 4.79 Å². The second-order valence-corrected chi connectivity index (χ2v) is 7.42. The molecule has 1 atom stereocenters. The summed E-state index contributed by atoms with van der Waals surface area (Å²) < 4.78 is 5.04. The second kappa shape index (κ2) is 10.3. The van der Waals surface area contributed by atoms with Crippen molar-refractivity contribution in [1.82, 2.24) is 5.32 Å². The first-order valence-electron chi connectivity index (χ1n) is 8.99. The van der Waals surface area contributed by atoms with Gasteiger partial charge in [-0.15, -0.1) is 0 Å². The van der Waals surface area contributed by atoms with Crippen LogP contribution < -0.4 is 10.6 Å². The van der Waals surface area contributed by atoms with Crippen molar-refractivity contribution in [1.29, 1.82) is 0 Å². The third-order valence-electron chi connectivity index (χ3n) is 3.93. The molecule has 0 fully saturated rings. The number of rotatable bonds is 7. The van der Waals surface area contributed by atoms with Crippen molar-refractivity contribution in [2.45, 2.75) is 33.2 Å². The molecule has 4 nitrogen and oxygen atoms in total. The molecular formula is C21H25ClN2O2S. The molecular weight excluding hydrogens is 380 g/mol. The Labute approximate surface area is 171 Å². The summed E-state index contributed by atoms with van der Waals surface area (Å²) in [4.78, 5) is 12.0. The molecule has 0 aromatic heterocycles. The van der Waals surface area contributed by atoms with E-state index in [0.717, 1.165) is 6.42 Å². The first-order chi connectivity index (χ1) is 12.9. The molecule has 0 bridgehead atoms. The monoisotopic (exact) mass is 404 g/mol. The zero-order valence-electron chi connectivity index (χ0n) is 15.8. The molecule has 2 aromatic rings. The molecule has 0 saturated carbocycles. The maximum absolute atomic E-state index is 12.0. The van der Waals surface area contributed by atoms with Gasteiger partial charge in [0.25, 0.3) is 0 Å². The third kappa shape index (κ3) is 6.52. The number of thiocarbonyl (C=S) groups is 1. The van der Waals surface area contributed by atoms with Crippen molar-refractivity contribution in [3.05, 3.63) is 64.7 Å². The van der Waals surface area contributed by atoms with E-state index >= 15 is 0 Å². The topological polar surface area (TPSA) is 50.4 Å². The van der Waals surface area contributed by atoms with Gasteiger partial charge >= 0.3 is 5.97 Å². The summed E-state index contributed by atoms with van der Waals surface area (Å²) in [6.07, 6.45) is 0.945. The normalized spacial score (nSPS) is 11.7. The Morgan fingerprint density at radius 3 is 2.52 bits per heavy atom. The lowest BCUT2D eigenvalue weighted by Crippen LogP contribution is -2.33. The van der Waals surface area contributed by atoms with Crippen LogP contribution in [0.3, 0.4) is 0 Å². The van der Waals surface area contributed by atoms with Crippen LogP contribution in [0, 0.1) is 5.92 Å². The molecule has 0 spiro atoms. The van der Waals surface area contributed by atoms with Crippen LogP contribution in [0.2, 0.25) is 5.02 Å². The minimum atomic E-state index is -0.452. The lowest BCUT2D eigenvalue weighted by atomic mass is 9.97. The molecule has 0 aliphatic rings. The van der Waals surface area contributed by atoms with E-state index in [4.69, 9.17) is 28.6 Å². The first-order valence-corrected chi connectivity index (χ1v) is 9.78. The molecule has 27 heavy (non-hydrogen) atoms. The SMILES string of the molecule is CCOC(=O)c1cc(NC(=S)NC(CC(C)C)c2ccccc2)ccc1Cl. The van der Waals surface area contributed by atoms with Gasteiger partial charge in [-0.1, -0.05) is 55.8 Å². The van der Waals surface area contributed by atoms with Crippen molar-refractivity contribution < 1.29 is 9.53 Å². The van der Waals surface area contributed by atoms with Crippen LogP contribution >= 0.6 is 23.8 Å². The standard InChI is InChI=1S/C21H25ClN2O2S/c1-4-26-20(25)17-13-16(10-11-18(17)22)23-21(27)24-19(12-14(2)3)15-8-6-5-7-9-15/h5-11,13-14,19H,4,12H2,1-3H3,(H2,23,24,27). The third-order valence-corrected chi connectivity index (χ3v) is 4.48. The number of hydrogen-bond donors (Lipinski definition) is 2. The average Bonchev–Trinajstić information content (AvgIpc) is 2.63. The van der Waals surface area contributed by atoms with E-state index in [2.05, 4.69) is 36.6 Å². The molecule has 144 valence electrons. The zero-order valence-corrected chi connectivity index (χ0v) is 17.4. The number of hydrogen-bond acceptors (Lipinski definition) is 3. The van der Waals surface area contributed by atoms with Crippen molar-refractivity contribution >= 4 is 40.6 Å². The van der Waals surface area contributed by atoms with Gasteiger partial charge in [0.2, 0.25) is 0 Å². The van der Waals surface area contributed by atoms with E-state index in [1.54, 1.807) is 25.1 Å². The van der Waals surface area contributed by atoms with Crippen molar-refractivity contribution in [2.75, 3.05) is 11.9 Å². The highest BCUT2D eigenvalue weighted by atomic mass is 35.5. The van der Waals surface area contributed by atoms with Gasteiger partial charge in [-0.05, 0) is 55.2 Å². The molecule has 2 aromatic carbocycles. The molecule has 0 aliphatic heterocycles. The zero-order chi connectivity index (χ0) is 19.8. The number of benzene rings is 2. The number of carbonyl (C=O) groups excluding carboxylic acids is 1. The lowest BCUT2D eigenvalue weighted by molar-refractivity contribution is 0.0526. The summed E-state index contributed by atoms with van der Waals surface area (Å²) in [5, 5.41) is 7.34. The first kappa shape index (κ1) is 21.2. The highest BCUT2D eigenvalue weighted by Crippen LogP contribution is 2.23. The molecule has 1 unspecified atom stereocenters. The van der Waals surface area contributed by atoms with E-state index in [9.17, 15) is 4.79 Å². The van der Waals surface area contributed by atoms with Crippen LogP contribution in [-0.4, -0.2) is 17.7 Å². The Morgan fingerprint density at radius 2 is 1.89 bits per heavy atom. The minimum Gasteiger partial charge on any atom is -0.462 e. The van der Waals surface area contributed by atoms with E-state index in [-0.39, 0.29) is 6.04 Å². The van der Waals surface area contributed by atoms with Crippen LogP contribution in [0.1, 0.15) is 49.2 Å². The highest BCUT2D eigenvalue weighted by Gasteiger charge is 2.16. The number of nitrogens with one attached hydrogen (secondary N) is 2. The van der Waals surface area contributed by atoms with Gasteiger partial charge in [-0.3, -0.25) is 0 Å². The Balaban J connectivity index is 2.11. The van der Waals surface area contributed by atoms with E-state index in [1.165, 1.54) is 5.56 Å². The fourth-order valence-electron chi connectivity index (χ4n) is 2.73. The van der Waals surface area contributed by atoms with E-state index in [1.807, 2.05) is 18.2 Å². The van der Waals surface area contributed by atoms with Gasteiger partial charge in [0.05, 0.1) is 23.2 Å². The van der Waals surface area contributed by atoms with Gasteiger partial charge in [-0.2, -0.15) is 0 Å². The molecule has 0 saturated heterocycles. The Bertz CT molecular complexity index is 781. The molecule has 0 heterocycles. The quantitative estimate of drug-likeness (QED) is 0.465. The van der Waals surface area contributed by atoms with Crippen LogP contribution in [-0.2, 0) is 4.74 Å². The molecule has 0 aliphatic carbocycles. The van der Waals surface area contributed by atoms with Gasteiger partial charge < -0.3 is 15.4 Å². The molecule has 2 rings (SSSR count). The largest absolute Gasteiger partial charge is 0.462 e. The van der Waals surface area contributed by atoms with Crippen LogP contribution in [0.5, 0.6) is 0 Å². The molecule has 6 heteroatoms. The van der Waals surface area contributed by atoms with Gasteiger partial charge in [0.1, 0.15) is 0 Å². The molecule has 0 radical (unpaired) electrons. The van der Waals surface area contributed by atoms with E-state index in [0.29, 0.717) is 33.9 Å². The summed E-state index contributed by atoms with van der Waals surface area (Å²) >= 11 is 11.6. The van der Waals surface area contributed by atoms with E-state index < -0.39 is 5.97 Å². The van der Waals surface area contributed by atoms with Crippen LogP contribution in [0.4, 0.5) is 5.69 Å². The van der Waals surface area contributed by atoms with Crippen molar-refractivity contribution in [3.63, 3.8) is 0 Å². The Kier molecular flexibility index (Phi) is 8.07. The Morgan fingerprint density at radius 1 is 1.19 bits per heavy atom.